The van der Waals surface area contributed by atoms with Crippen LogP contribution in [0.4, 0.5) is 0 Å². The number of hydrogen-bond acceptors (Lipinski definition) is 2. The van der Waals surface area contributed by atoms with Crippen LogP contribution in [0, 0.1) is 5.41 Å². The summed E-state index contributed by atoms with van der Waals surface area (Å²) in [7, 11) is 0. The molecule has 2 nitrogen and oxygen atoms in total. The fourth-order valence-electron chi connectivity index (χ4n) is 2.26. The van der Waals surface area contributed by atoms with E-state index >= 15 is 0 Å². The highest BCUT2D eigenvalue weighted by Crippen LogP contribution is 2.37. The Hall–Kier alpha value is -0.0800. The van der Waals surface area contributed by atoms with Gasteiger partial charge in [-0.25, -0.2) is 0 Å². The minimum Gasteiger partial charge on any atom is -0.329 e. The number of rotatable bonds is 4. The molecule has 3 N–H and O–H groups in total. The second-order valence-electron chi connectivity index (χ2n) is 5.11. The molecule has 1 fully saturated rings. The van der Waals surface area contributed by atoms with Crippen molar-refractivity contribution in [2.75, 3.05) is 6.54 Å². The summed E-state index contributed by atoms with van der Waals surface area (Å²) in [6.45, 7) is 7.69. The molecule has 0 aliphatic heterocycles. The van der Waals surface area contributed by atoms with Crippen molar-refractivity contribution in [3.8, 4) is 0 Å². The van der Waals surface area contributed by atoms with Gasteiger partial charge in [0.15, 0.2) is 0 Å². The van der Waals surface area contributed by atoms with Crippen LogP contribution in [0.15, 0.2) is 0 Å². The van der Waals surface area contributed by atoms with Gasteiger partial charge in [0.05, 0.1) is 0 Å². The molecule has 1 saturated carbocycles. The van der Waals surface area contributed by atoms with E-state index in [1.54, 1.807) is 0 Å². The zero-order chi connectivity index (χ0) is 9.90. The van der Waals surface area contributed by atoms with Crippen LogP contribution in [0.25, 0.3) is 0 Å². The molecule has 0 spiro atoms. The van der Waals surface area contributed by atoms with Crippen LogP contribution in [0.5, 0.6) is 0 Å². The van der Waals surface area contributed by atoms with Gasteiger partial charge in [0.25, 0.3) is 0 Å². The zero-order valence-corrected chi connectivity index (χ0v) is 9.27. The summed E-state index contributed by atoms with van der Waals surface area (Å²) in [4.78, 5) is 0. The Kier molecular flexibility index (Phi) is 3.74. The first-order valence-electron chi connectivity index (χ1n) is 5.53. The molecule has 0 aromatic heterocycles. The molecule has 0 saturated heterocycles. The number of hydrogen-bond donors (Lipinski definition) is 2. The Labute approximate surface area is 82.3 Å². The molecule has 2 heteroatoms. The topological polar surface area (TPSA) is 38.0 Å². The smallest absolute Gasteiger partial charge is 0.0190 e. The second kappa shape index (κ2) is 4.43. The molecule has 2 atom stereocenters. The third kappa shape index (κ3) is 3.28. The molecule has 1 aliphatic rings. The highest BCUT2D eigenvalue weighted by atomic mass is 15.0. The third-order valence-electron chi connectivity index (χ3n) is 3.22. The molecule has 1 aliphatic carbocycles. The number of nitrogens with two attached hydrogens (primary N) is 1. The molecule has 2 unspecified atom stereocenters. The monoisotopic (exact) mass is 184 g/mol. The molecule has 0 amide bonds. The van der Waals surface area contributed by atoms with Gasteiger partial charge < -0.3 is 11.1 Å². The zero-order valence-electron chi connectivity index (χ0n) is 9.27. The first kappa shape index (κ1) is 11.0. The summed E-state index contributed by atoms with van der Waals surface area (Å²) in [5.74, 6) is 0. The summed E-state index contributed by atoms with van der Waals surface area (Å²) < 4.78 is 0. The lowest BCUT2D eigenvalue weighted by atomic mass is 9.92. The molecule has 13 heavy (non-hydrogen) atoms. The Morgan fingerprint density at radius 2 is 2.23 bits per heavy atom. The molecule has 0 radical (unpaired) electrons. The van der Waals surface area contributed by atoms with Crippen molar-refractivity contribution in [2.24, 2.45) is 11.1 Å². The van der Waals surface area contributed by atoms with Crippen molar-refractivity contribution < 1.29 is 0 Å². The molecular weight excluding hydrogens is 160 g/mol. The van der Waals surface area contributed by atoms with E-state index in [9.17, 15) is 0 Å². The molecule has 1 rings (SSSR count). The fraction of sp³-hybridized carbons (Fsp3) is 1.00. The van der Waals surface area contributed by atoms with E-state index < -0.39 is 0 Å². The summed E-state index contributed by atoms with van der Waals surface area (Å²) in [6.07, 6.45) is 5.13. The first-order valence-corrected chi connectivity index (χ1v) is 5.53. The van der Waals surface area contributed by atoms with E-state index in [0.717, 1.165) is 13.0 Å². The molecule has 0 aromatic rings. The van der Waals surface area contributed by atoms with Crippen LogP contribution in [0.2, 0.25) is 0 Å². The average Bonchev–Trinajstić information content (AvgIpc) is 2.41. The molecule has 0 bridgehead atoms. The highest BCUT2D eigenvalue weighted by Gasteiger charge is 2.31. The molecule has 78 valence electrons. The van der Waals surface area contributed by atoms with E-state index in [2.05, 4.69) is 26.1 Å². The highest BCUT2D eigenvalue weighted by molar-refractivity contribution is 4.88. The SMILES string of the molecule is CCC(CN)NC1CCC(C)(C)C1. The van der Waals surface area contributed by atoms with Gasteiger partial charge >= 0.3 is 0 Å². The lowest BCUT2D eigenvalue weighted by Crippen LogP contribution is -2.41. The predicted octanol–water partition coefficient (Wildman–Crippen LogP) is 1.89. The van der Waals surface area contributed by atoms with Crippen molar-refractivity contribution in [3.05, 3.63) is 0 Å². The van der Waals surface area contributed by atoms with Crippen LogP contribution < -0.4 is 11.1 Å². The largest absolute Gasteiger partial charge is 0.329 e. The normalized spacial score (nSPS) is 29.1. The van der Waals surface area contributed by atoms with Crippen molar-refractivity contribution in [3.63, 3.8) is 0 Å². The van der Waals surface area contributed by atoms with Crippen LogP contribution in [0.3, 0.4) is 0 Å². The van der Waals surface area contributed by atoms with Crippen LogP contribution >= 0.6 is 0 Å². The van der Waals surface area contributed by atoms with Gasteiger partial charge in [-0.1, -0.05) is 20.8 Å². The molecule has 0 aromatic carbocycles. The minimum atomic E-state index is 0.527. The van der Waals surface area contributed by atoms with Gasteiger partial charge in [0.1, 0.15) is 0 Å². The van der Waals surface area contributed by atoms with Gasteiger partial charge in [-0.05, 0) is 31.1 Å². The van der Waals surface area contributed by atoms with E-state index in [1.165, 1.54) is 19.3 Å². The van der Waals surface area contributed by atoms with Gasteiger partial charge in [-0.3, -0.25) is 0 Å². The van der Waals surface area contributed by atoms with Crippen molar-refractivity contribution in [1.82, 2.24) is 5.32 Å². The summed E-state index contributed by atoms with van der Waals surface area (Å²) in [5.41, 5.74) is 6.21. The van der Waals surface area contributed by atoms with Gasteiger partial charge in [0.2, 0.25) is 0 Å². The van der Waals surface area contributed by atoms with Crippen LogP contribution in [-0.2, 0) is 0 Å². The van der Waals surface area contributed by atoms with Gasteiger partial charge in [-0.2, -0.15) is 0 Å². The van der Waals surface area contributed by atoms with Crippen molar-refractivity contribution >= 4 is 0 Å². The Morgan fingerprint density at radius 1 is 1.54 bits per heavy atom. The Bertz CT molecular complexity index is 150. The fourth-order valence-corrected chi connectivity index (χ4v) is 2.26. The number of nitrogens with one attached hydrogen (secondary N) is 1. The Morgan fingerprint density at radius 3 is 2.62 bits per heavy atom. The molecule has 0 heterocycles. The first-order chi connectivity index (χ1) is 6.07. The summed E-state index contributed by atoms with van der Waals surface area (Å²) >= 11 is 0. The minimum absolute atomic E-state index is 0.527. The van der Waals surface area contributed by atoms with Gasteiger partial charge in [0, 0.05) is 18.6 Å². The lowest BCUT2D eigenvalue weighted by Gasteiger charge is -2.22. The maximum atomic E-state index is 5.67. The van der Waals surface area contributed by atoms with E-state index in [0.29, 0.717) is 17.5 Å². The summed E-state index contributed by atoms with van der Waals surface area (Å²) in [5, 5.41) is 3.65. The van der Waals surface area contributed by atoms with Crippen molar-refractivity contribution in [2.45, 2.75) is 58.5 Å². The maximum Gasteiger partial charge on any atom is 0.0190 e. The summed E-state index contributed by atoms with van der Waals surface area (Å²) in [6, 6.07) is 1.24. The van der Waals surface area contributed by atoms with Gasteiger partial charge in [-0.15, -0.1) is 0 Å². The standard InChI is InChI=1S/C11H24N2/c1-4-9(8-12)13-10-5-6-11(2,3)7-10/h9-10,13H,4-8,12H2,1-3H3. The van der Waals surface area contributed by atoms with E-state index in [4.69, 9.17) is 5.73 Å². The predicted molar refractivity (Wildman–Crippen MR) is 57.7 cm³/mol. The van der Waals surface area contributed by atoms with Crippen LogP contribution in [0.1, 0.15) is 46.5 Å². The maximum absolute atomic E-state index is 5.67. The Balaban J connectivity index is 2.31. The average molecular weight is 184 g/mol. The van der Waals surface area contributed by atoms with Crippen molar-refractivity contribution in [1.29, 1.82) is 0 Å². The third-order valence-corrected chi connectivity index (χ3v) is 3.22. The van der Waals surface area contributed by atoms with Crippen LogP contribution in [-0.4, -0.2) is 18.6 Å². The van der Waals surface area contributed by atoms with E-state index in [-0.39, 0.29) is 0 Å². The van der Waals surface area contributed by atoms with E-state index in [1.807, 2.05) is 0 Å². The molecular formula is C11H24N2. The quantitative estimate of drug-likeness (QED) is 0.700. The lowest BCUT2D eigenvalue weighted by molar-refractivity contribution is 0.350. The second-order valence-corrected chi connectivity index (χ2v) is 5.11.